The average Bonchev–Trinajstić information content (AvgIpc) is 2.48. The lowest BCUT2D eigenvalue weighted by Crippen LogP contribution is -2.67. The monoisotopic (exact) mass is 388 g/mol. The summed E-state index contributed by atoms with van der Waals surface area (Å²) in [6.07, 6.45) is 4.18. The molecule has 0 fully saturated rings. The van der Waals surface area contributed by atoms with E-state index in [-0.39, 0.29) is 10.4 Å². The highest BCUT2D eigenvalue weighted by atomic mass is 28.4. The fraction of sp³-hybridized carbons (Fsp3) is 0.895. The summed E-state index contributed by atoms with van der Waals surface area (Å²) in [6, 6.07) is 0. The molecule has 0 bridgehead atoms. The minimum absolute atomic E-state index is 0.0388. The summed E-state index contributed by atoms with van der Waals surface area (Å²) in [7, 11) is -5.44. The van der Waals surface area contributed by atoms with Crippen LogP contribution in [0.1, 0.15) is 53.4 Å². The van der Waals surface area contributed by atoms with Gasteiger partial charge in [-0.3, -0.25) is 0 Å². The Labute approximate surface area is 155 Å². The molecule has 0 amide bonds. The maximum absolute atomic E-state index is 7.20. The minimum Gasteiger partial charge on any atom is -0.412 e. The molecule has 0 spiro atoms. The summed E-state index contributed by atoms with van der Waals surface area (Å²) in [5, 5.41) is -0.137. The lowest BCUT2D eigenvalue weighted by atomic mass is 10.2. The molecule has 0 radical (unpaired) electrons. The quantitative estimate of drug-likeness (QED) is 0.367. The van der Waals surface area contributed by atoms with E-state index in [1.807, 2.05) is 0 Å². The molecule has 0 saturated heterocycles. The Morgan fingerprint density at radius 1 is 0.708 bits per heavy atom. The highest BCUT2D eigenvalue weighted by molar-refractivity contribution is 6.86. The molecule has 0 aliphatic carbocycles. The van der Waals surface area contributed by atoms with Crippen LogP contribution in [0, 0.1) is 0 Å². The smallest absolute Gasteiger partial charge is 0.217 e. The van der Waals surface area contributed by atoms with E-state index in [4.69, 9.17) is 8.85 Å². The molecule has 2 nitrogen and oxygen atoms in total. The fourth-order valence-corrected chi connectivity index (χ4v) is 14.7. The van der Waals surface area contributed by atoms with E-state index in [1.54, 1.807) is 0 Å². The zero-order valence-corrected chi connectivity index (χ0v) is 21.4. The molecule has 0 heterocycles. The largest absolute Gasteiger partial charge is 0.412 e. The highest BCUT2D eigenvalue weighted by Crippen LogP contribution is 2.42. The van der Waals surface area contributed by atoms with Crippen LogP contribution in [-0.4, -0.2) is 35.2 Å². The number of hydrogen-bond acceptors (Lipinski definition) is 2. The Morgan fingerprint density at radius 3 is 1.33 bits per heavy atom. The van der Waals surface area contributed by atoms with E-state index in [2.05, 4.69) is 85.8 Å². The molecule has 0 aliphatic heterocycles. The molecule has 0 unspecified atom stereocenters. The lowest BCUT2D eigenvalue weighted by Gasteiger charge is -2.54. The van der Waals surface area contributed by atoms with Crippen LogP contribution in [-0.2, 0) is 8.85 Å². The zero-order valence-electron chi connectivity index (χ0n) is 18.4. The average molecular weight is 389 g/mol. The second kappa shape index (κ2) is 8.34. The minimum atomic E-state index is -2.10. The fourth-order valence-electron chi connectivity index (χ4n) is 4.16. The molecular weight excluding hydrogens is 344 g/mol. The van der Waals surface area contributed by atoms with Crippen molar-refractivity contribution in [3.05, 3.63) is 12.3 Å². The van der Waals surface area contributed by atoms with Gasteiger partial charge in [0.15, 0.2) is 8.32 Å². The summed E-state index contributed by atoms with van der Waals surface area (Å²) < 4.78 is 14.0. The standard InChI is InChI=1S/C19H44O2Si3/c1-13-18(14-2,23(9,10)17-5)21-24(11,12)19(15-3,16-4)20-22(6,7)8/h17H,5,13-16H2,1-4,6-12H3. The molecule has 0 N–H and O–H groups in total. The predicted molar refractivity (Wildman–Crippen MR) is 117 cm³/mol. The highest BCUT2D eigenvalue weighted by Gasteiger charge is 2.55. The third-order valence-electron chi connectivity index (χ3n) is 6.02. The summed E-state index contributed by atoms with van der Waals surface area (Å²) in [6.45, 7) is 29.7. The van der Waals surface area contributed by atoms with Gasteiger partial charge < -0.3 is 8.85 Å². The van der Waals surface area contributed by atoms with Crippen molar-refractivity contribution < 1.29 is 8.85 Å². The van der Waals surface area contributed by atoms with Gasteiger partial charge in [0.1, 0.15) is 8.07 Å². The first-order valence-electron chi connectivity index (χ1n) is 9.76. The van der Waals surface area contributed by atoms with Gasteiger partial charge in [-0.2, -0.15) is 0 Å². The van der Waals surface area contributed by atoms with Crippen LogP contribution in [0.25, 0.3) is 0 Å². The molecule has 0 aliphatic rings. The molecular formula is C19H44O2Si3. The van der Waals surface area contributed by atoms with Gasteiger partial charge in [-0.1, -0.05) is 46.5 Å². The van der Waals surface area contributed by atoms with Crippen LogP contribution >= 0.6 is 0 Å². The molecule has 5 heteroatoms. The third-order valence-corrected chi connectivity index (χ3v) is 15.5. The first-order valence-corrected chi connectivity index (χ1v) is 19.1. The zero-order chi connectivity index (χ0) is 19.4. The Hall–Kier alpha value is 0.311. The van der Waals surface area contributed by atoms with Crippen molar-refractivity contribution in [1.82, 2.24) is 0 Å². The van der Waals surface area contributed by atoms with Crippen molar-refractivity contribution in [3.63, 3.8) is 0 Å². The predicted octanol–water partition coefficient (Wildman–Crippen LogP) is 6.69. The molecule has 0 aromatic carbocycles. The van der Waals surface area contributed by atoms with Crippen LogP contribution in [0.15, 0.2) is 12.3 Å². The lowest BCUT2D eigenvalue weighted by molar-refractivity contribution is 0.0544. The van der Waals surface area contributed by atoms with Crippen molar-refractivity contribution >= 4 is 24.7 Å². The van der Waals surface area contributed by atoms with E-state index < -0.39 is 24.7 Å². The first-order chi connectivity index (χ1) is 10.7. The van der Waals surface area contributed by atoms with Gasteiger partial charge in [-0.25, -0.2) is 0 Å². The maximum atomic E-state index is 7.20. The van der Waals surface area contributed by atoms with Gasteiger partial charge in [0.05, 0.1) is 10.4 Å². The molecule has 0 aromatic heterocycles. The van der Waals surface area contributed by atoms with Gasteiger partial charge in [-0.15, -0.1) is 6.58 Å². The van der Waals surface area contributed by atoms with Crippen LogP contribution in [0.5, 0.6) is 0 Å². The number of hydrogen-bond donors (Lipinski definition) is 0. The van der Waals surface area contributed by atoms with Crippen molar-refractivity contribution in [3.8, 4) is 0 Å². The van der Waals surface area contributed by atoms with Gasteiger partial charge in [0.2, 0.25) is 8.32 Å². The molecule has 0 saturated carbocycles. The summed E-state index contributed by atoms with van der Waals surface area (Å²) in [5.74, 6) is 0. The van der Waals surface area contributed by atoms with Gasteiger partial charge in [-0.05, 0) is 58.4 Å². The summed E-state index contributed by atoms with van der Waals surface area (Å²) in [5.41, 5.74) is 2.21. The van der Waals surface area contributed by atoms with Gasteiger partial charge >= 0.3 is 0 Å². The first kappa shape index (κ1) is 24.3. The van der Waals surface area contributed by atoms with Crippen LogP contribution in [0.2, 0.25) is 45.8 Å². The molecule has 0 rings (SSSR count). The van der Waals surface area contributed by atoms with E-state index in [0.29, 0.717) is 0 Å². The van der Waals surface area contributed by atoms with Crippen molar-refractivity contribution in [1.29, 1.82) is 0 Å². The van der Waals surface area contributed by atoms with E-state index in [1.165, 1.54) is 0 Å². The third kappa shape index (κ3) is 4.94. The Morgan fingerprint density at radius 2 is 1.08 bits per heavy atom. The maximum Gasteiger partial charge on any atom is 0.217 e. The van der Waals surface area contributed by atoms with Crippen molar-refractivity contribution in [2.24, 2.45) is 0 Å². The van der Waals surface area contributed by atoms with Crippen molar-refractivity contribution in [2.75, 3.05) is 0 Å². The summed E-state index contributed by atoms with van der Waals surface area (Å²) >= 11 is 0. The van der Waals surface area contributed by atoms with Gasteiger partial charge in [0, 0.05) is 0 Å². The van der Waals surface area contributed by atoms with Crippen LogP contribution in [0.4, 0.5) is 0 Å². The second-order valence-electron chi connectivity index (χ2n) is 9.16. The molecule has 24 heavy (non-hydrogen) atoms. The molecule has 144 valence electrons. The summed E-state index contributed by atoms with van der Waals surface area (Å²) in [4.78, 5) is 0. The Balaban J connectivity index is 6.02. The Kier molecular flexibility index (Phi) is 8.44. The topological polar surface area (TPSA) is 18.5 Å². The van der Waals surface area contributed by atoms with Gasteiger partial charge in [0.25, 0.3) is 0 Å². The Bertz CT molecular complexity index is 403. The van der Waals surface area contributed by atoms with Crippen molar-refractivity contribution in [2.45, 2.75) is 110 Å². The van der Waals surface area contributed by atoms with E-state index in [0.717, 1.165) is 25.7 Å². The van der Waals surface area contributed by atoms with E-state index >= 15 is 0 Å². The van der Waals surface area contributed by atoms with E-state index in [9.17, 15) is 0 Å². The normalized spacial score (nSPS) is 14.8. The number of rotatable bonds is 11. The SMILES string of the molecule is C=C[Si](C)(C)C(CC)(CC)O[Si](C)(C)C(CC)(CC)O[Si](C)(C)C. The second-order valence-corrected chi connectivity index (χ2v) is 22.5. The molecule has 0 aromatic rings. The molecule has 0 atom stereocenters. The van der Waals surface area contributed by atoms with Crippen LogP contribution < -0.4 is 0 Å². The van der Waals surface area contributed by atoms with Crippen LogP contribution in [0.3, 0.4) is 0 Å².